The second-order valence-electron chi connectivity index (χ2n) is 6.61. The van der Waals surface area contributed by atoms with Gasteiger partial charge in [-0.15, -0.1) is 0 Å². The van der Waals surface area contributed by atoms with E-state index in [-0.39, 0.29) is 1.43 Å². The highest BCUT2D eigenvalue weighted by Gasteiger charge is 2.02. The molecule has 1 rings (SSSR count). The molecule has 1 aromatic rings. The SMILES string of the molecule is CC(C)CN(C)CCCc1ccc(CNC(C)C)cc1.[HH]. The number of benzene rings is 1. The minimum Gasteiger partial charge on any atom is -0.310 e. The van der Waals surface area contributed by atoms with Gasteiger partial charge in [0.2, 0.25) is 0 Å². The van der Waals surface area contributed by atoms with Crippen molar-refractivity contribution < 1.29 is 1.43 Å². The molecule has 0 aliphatic heterocycles. The maximum atomic E-state index is 3.45. The van der Waals surface area contributed by atoms with E-state index >= 15 is 0 Å². The van der Waals surface area contributed by atoms with Crippen molar-refractivity contribution in [2.24, 2.45) is 5.92 Å². The van der Waals surface area contributed by atoms with Crippen LogP contribution in [-0.4, -0.2) is 31.1 Å². The van der Waals surface area contributed by atoms with Gasteiger partial charge in [0.05, 0.1) is 0 Å². The van der Waals surface area contributed by atoms with E-state index in [2.05, 4.69) is 69.2 Å². The van der Waals surface area contributed by atoms with Crippen LogP contribution in [0.3, 0.4) is 0 Å². The van der Waals surface area contributed by atoms with Crippen LogP contribution < -0.4 is 5.32 Å². The second-order valence-corrected chi connectivity index (χ2v) is 6.61. The molecular weight excluding hydrogens is 244 g/mol. The average molecular weight is 278 g/mol. The summed E-state index contributed by atoms with van der Waals surface area (Å²) >= 11 is 0. The van der Waals surface area contributed by atoms with E-state index in [0.717, 1.165) is 12.5 Å². The van der Waals surface area contributed by atoms with Gasteiger partial charge in [-0.3, -0.25) is 0 Å². The molecule has 1 aromatic carbocycles. The molecule has 0 unspecified atom stereocenters. The number of hydrogen-bond donors (Lipinski definition) is 1. The van der Waals surface area contributed by atoms with E-state index in [1.807, 2.05) is 0 Å². The molecule has 1 N–H and O–H groups in total. The van der Waals surface area contributed by atoms with Gasteiger partial charge in [-0.1, -0.05) is 52.0 Å². The van der Waals surface area contributed by atoms with Gasteiger partial charge in [0.25, 0.3) is 0 Å². The van der Waals surface area contributed by atoms with Gasteiger partial charge in [0.1, 0.15) is 0 Å². The molecule has 0 fully saturated rings. The number of nitrogens with one attached hydrogen (secondary N) is 1. The highest BCUT2D eigenvalue weighted by Crippen LogP contribution is 2.08. The third-order valence-electron chi connectivity index (χ3n) is 3.42. The Hall–Kier alpha value is -0.860. The van der Waals surface area contributed by atoms with Gasteiger partial charge in [-0.05, 0) is 43.5 Å². The van der Waals surface area contributed by atoms with Crippen molar-refractivity contribution in [3.63, 3.8) is 0 Å². The van der Waals surface area contributed by atoms with Crippen LogP contribution in [0.5, 0.6) is 0 Å². The molecule has 0 aliphatic rings. The monoisotopic (exact) mass is 278 g/mol. The average Bonchev–Trinajstić information content (AvgIpc) is 2.37. The fraction of sp³-hybridized carbons (Fsp3) is 0.667. The molecule has 0 aliphatic carbocycles. The summed E-state index contributed by atoms with van der Waals surface area (Å²) in [5.41, 5.74) is 2.83. The third-order valence-corrected chi connectivity index (χ3v) is 3.42. The van der Waals surface area contributed by atoms with Gasteiger partial charge in [0, 0.05) is 20.6 Å². The molecule has 116 valence electrons. The largest absolute Gasteiger partial charge is 0.310 e. The smallest absolute Gasteiger partial charge is 0.0207 e. The fourth-order valence-electron chi connectivity index (χ4n) is 2.41. The Morgan fingerprint density at radius 3 is 2.20 bits per heavy atom. The van der Waals surface area contributed by atoms with Gasteiger partial charge < -0.3 is 10.2 Å². The summed E-state index contributed by atoms with van der Waals surface area (Å²) < 4.78 is 0. The third kappa shape index (κ3) is 7.66. The van der Waals surface area contributed by atoms with E-state index in [9.17, 15) is 0 Å². The summed E-state index contributed by atoms with van der Waals surface area (Å²) in [5.74, 6) is 0.757. The lowest BCUT2D eigenvalue weighted by atomic mass is 10.1. The van der Waals surface area contributed by atoms with Crippen LogP contribution in [0, 0.1) is 5.92 Å². The van der Waals surface area contributed by atoms with Crippen LogP contribution >= 0.6 is 0 Å². The van der Waals surface area contributed by atoms with Crippen LogP contribution in [0.15, 0.2) is 24.3 Å². The van der Waals surface area contributed by atoms with Crippen LogP contribution in [0.1, 0.15) is 46.7 Å². The van der Waals surface area contributed by atoms with Crippen molar-refractivity contribution in [3.8, 4) is 0 Å². The van der Waals surface area contributed by atoms with E-state index < -0.39 is 0 Å². The zero-order valence-electron chi connectivity index (χ0n) is 13.9. The van der Waals surface area contributed by atoms with E-state index in [0.29, 0.717) is 6.04 Å². The molecule has 2 heteroatoms. The van der Waals surface area contributed by atoms with Gasteiger partial charge in [-0.25, -0.2) is 0 Å². The van der Waals surface area contributed by atoms with Crippen LogP contribution in [0.25, 0.3) is 0 Å². The van der Waals surface area contributed by atoms with Gasteiger partial charge in [0.15, 0.2) is 0 Å². The summed E-state index contributed by atoms with van der Waals surface area (Å²) in [6.07, 6.45) is 2.42. The summed E-state index contributed by atoms with van der Waals surface area (Å²) in [5, 5.41) is 3.45. The lowest BCUT2D eigenvalue weighted by Gasteiger charge is -2.18. The fourth-order valence-corrected chi connectivity index (χ4v) is 2.41. The van der Waals surface area contributed by atoms with Crippen molar-refractivity contribution in [1.82, 2.24) is 10.2 Å². The Bertz CT molecular complexity index is 360. The Balaban J connectivity index is 0.00000400. The molecule has 0 spiro atoms. The molecule has 0 heterocycles. The lowest BCUT2D eigenvalue weighted by molar-refractivity contribution is 0.292. The first kappa shape index (κ1) is 17.2. The first-order valence-corrected chi connectivity index (χ1v) is 7.97. The molecule has 20 heavy (non-hydrogen) atoms. The van der Waals surface area contributed by atoms with E-state index in [1.54, 1.807) is 0 Å². The molecule has 0 radical (unpaired) electrons. The highest BCUT2D eigenvalue weighted by molar-refractivity contribution is 5.22. The first-order valence-electron chi connectivity index (χ1n) is 7.97. The van der Waals surface area contributed by atoms with Crippen molar-refractivity contribution in [3.05, 3.63) is 35.4 Å². The molecule has 0 saturated carbocycles. The van der Waals surface area contributed by atoms with Crippen LogP contribution in [0.2, 0.25) is 0 Å². The summed E-state index contributed by atoms with van der Waals surface area (Å²) in [6, 6.07) is 9.61. The van der Waals surface area contributed by atoms with E-state index in [4.69, 9.17) is 0 Å². The van der Waals surface area contributed by atoms with Crippen LogP contribution in [-0.2, 0) is 13.0 Å². The van der Waals surface area contributed by atoms with Gasteiger partial charge >= 0.3 is 0 Å². The minimum absolute atomic E-state index is 0. The number of rotatable bonds is 9. The van der Waals surface area contributed by atoms with Crippen molar-refractivity contribution >= 4 is 0 Å². The molecule has 0 bridgehead atoms. The molecule has 2 nitrogen and oxygen atoms in total. The minimum atomic E-state index is 0. The zero-order valence-corrected chi connectivity index (χ0v) is 13.9. The zero-order chi connectivity index (χ0) is 15.0. The molecule has 0 saturated heterocycles. The number of aryl methyl sites for hydroxylation is 1. The maximum absolute atomic E-state index is 3.45. The Kier molecular flexibility index (Phi) is 7.86. The molecule has 0 amide bonds. The van der Waals surface area contributed by atoms with Crippen molar-refractivity contribution in [2.45, 2.75) is 53.1 Å². The predicted molar refractivity (Wildman–Crippen MR) is 91.2 cm³/mol. The lowest BCUT2D eigenvalue weighted by Crippen LogP contribution is -2.24. The summed E-state index contributed by atoms with van der Waals surface area (Å²) in [7, 11) is 2.22. The van der Waals surface area contributed by atoms with Gasteiger partial charge in [-0.2, -0.15) is 0 Å². The van der Waals surface area contributed by atoms with Crippen molar-refractivity contribution in [1.29, 1.82) is 0 Å². The summed E-state index contributed by atoms with van der Waals surface area (Å²) in [6.45, 7) is 12.3. The first-order chi connectivity index (χ1) is 9.47. The highest BCUT2D eigenvalue weighted by atomic mass is 15.1. The number of nitrogens with zero attached hydrogens (tertiary/aromatic N) is 1. The quantitative estimate of drug-likeness (QED) is 0.736. The topological polar surface area (TPSA) is 15.3 Å². The number of hydrogen-bond acceptors (Lipinski definition) is 2. The van der Waals surface area contributed by atoms with Crippen LogP contribution in [0.4, 0.5) is 0 Å². The summed E-state index contributed by atoms with van der Waals surface area (Å²) in [4.78, 5) is 2.44. The predicted octanol–water partition coefficient (Wildman–Crippen LogP) is 3.95. The molecule has 0 atom stereocenters. The Labute approximate surface area is 127 Å². The van der Waals surface area contributed by atoms with E-state index in [1.165, 1.54) is 37.1 Å². The van der Waals surface area contributed by atoms with Crippen molar-refractivity contribution in [2.75, 3.05) is 20.1 Å². The Morgan fingerprint density at radius 1 is 1.05 bits per heavy atom. The Morgan fingerprint density at radius 2 is 1.65 bits per heavy atom. The molecular formula is C18H34N2. The standard InChI is InChI=1S/C18H32N2.H2/c1-15(2)14-20(5)12-6-7-17-8-10-18(11-9-17)13-19-16(3)4;/h8-11,15-16,19H,6-7,12-14H2,1-5H3;1H. The normalized spacial score (nSPS) is 11.8. The maximum Gasteiger partial charge on any atom is 0.0207 e. The second kappa shape index (κ2) is 9.15. The molecule has 0 aromatic heterocycles.